The van der Waals surface area contributed by atoms with Gasteiger partial charge in [0.1, 0.15) is 11.6 Å². The van der Waals surface area contributed by atoms with E-state index in [4.69, 9.17) is 5.73 Å². The summed E-state index contributed by atoms with van der Waals surface area (Å²) in [5.41, 5.74) is 9.56. The molecule has 0 saturated heterocycles. The molecule has 3 N–H and O–H groups in total. The van der Waals surface area contributed by atoms with Crippen molar-refractivity contribution in [3.8, 4) is 16.9 Å². The van der Waals surface area contributed by atoms with E-state index in [9.17, 15) is 9.50 Å². The Morgan fingerprint density at radius 2 is 1.62 bits per heavy atom. The zero-order valence-electron chi connectivity index (χ0n) is 8.44. The zero-order valence-corrected chi connectivity index (χ0v) is 8.44. The number of nitrogens with two attached hydrogens (primary N) is 1. The van der Waals surface area contributed by atoms with Crippen LogP contribution in [0, 0.1) is 5.82 Å². The van der Waals surface area contributed by atoms with E-state index in [1.54, 1.807) is 18.2 Å². The van der Waals surface area contributed by atoms with E-state index in [0.717, 1.165) is 22.3 Å². The highest BCUT2D eigenvalue weighted by molar-refractivity contribution is 5.79. The first kappa shape index (κ1) is 9.36. The van der Waals surface area contributed by atoms with Gasteiger partial charge in [0.05, 0.1) is 6.04 Å². The van der Waals surface area contributed by atoms with Crippen molar-refractivity contribution in [1.82, 2.24) is 0 Å². The molecule has 3 heteroatoms. The number of phenolic OH excluding ortho intramolecular Hbond substituents is 1. The summed E-state index contributed by atoms with van der Waals surface area (Å²) >= 11 is 0. The van der Waals surface area contributed by atoms with Crippen LogP contribution in [0.15, 0.2) is 36.4 Å². The lowest BCUT2D eigenvalue weighted by Gasteiger charge is -2.06. The molecule has 0 heterocycles. The Labute approximate surface area is 92.1 Å². The third-order valence-corrected chi connectivity index (χ3v) is 3.01. The minimum Gasteiger partial charge on any atom is -0.508 e. The highest BCUT2D eigenvalue weighted by atomic mass is 19.1. The van der Waals surface area contributed by atoms with E-state index in [1.807, 2.05) is 6.07 Å². The molecule has 0 radical (unpaired) electrons. The third kappa shape index (κ3) is 1.15. The molecule has 1 aliphatic rings. The lowest BCUT2D eigenvalue weighted by molar-refractivity contribution is 0.474. The van der Waals surface area contributed by atoms with Crippen LogP contribution in [-0.2, 0) is 0 Å². The number of hydrogen-bond donors (Lipinski definition) is 2. The monoisotopic (exact) mass is 215 g/mol. The maximum atomic E-state index is 13.1. The van der Waals surface area contributed by atoms with Crippen molar-refractivity contribution in [3.05, 3.63) is 53.3 Å². The molecule has 2 nitrogen and oxygen atoms in total. The second kappa shape index (κ2) is 3.06. The van der Waals surface area contributed by atoms with Gasteiger partial charge in [-0.3, -0.25) is 0 Å². The summed E-state index contributed by atoms with van der Waals surface area (Å²) in [5.74, 6) is -0.103. The molecule has 0 saturated carbocycles. The van der Waals surface area contributed by atoms with Crippen LogP contribution in [0.4, 0.5) is 4.39 Å². The average molecular weight is 215 g/mol. The second-order valence-corrected chi connectivity index (χ2v) is 3.98. The van der Waals surface area contributed by atoms with Crippen LogP contribution in [0.5, 0.6) is 5.75 Å². The molecule has 3 rings (SSSR count). The quantitative estimate of drug-likeness (QED) is 0.709. The Morgan fingerprint density at radius 1 is 1.00 bits per heavy atom. The molecule has 2 aromatic rings. The fourth-order valence-electron chi connectivity index (χ4n) is 2.26. The number of phenols is 1. The smallest absolute Gasteiger partial charge is 0.123 e. The normalized spacial score (nSPS) is 17.0. The van der Waals surface area contributed by atoms with Gasteiger partial charge in [0.15, 0.2) is 0 Å². The van der Waals surface area contributed by atoms with Gasteiger partial charge >= 0.3 is 0 Å². The van der Waals surface area contributed by atoms with E-state index in [0.29, 0.717) is 0 Å². The Morgan fingerprint density at radius 3 is 2.38 bits per heavy atom. The molecule has 0 aliphatic heterocycles. The van der Waals surface area contributed by atoms with Crippen LogP contribution in [0.2, 0.25) is 0 Å². The molecule has 0 amide bonds. The molecule has 16 heavy (non-hydrogen) atoms. The Balaban J connectivity index is 2.30. The van der Waals surface area contributed by atoms with Crippen LogP contribution in [0.25, 0.3) is 11.1 Å². The Bertz CT molecular complexity index is 529. The molecule has 80 valence electrons. The summed E-state index contributed by atoms with van der Waals surface area (Å²) in [5, 5.41) is 9.42. The summed E-state index contributed by atoms with van der Waals surface area (Å²) in [6.45, 7) is 0. The molecule has 0 bridgehead atoms. The van der Waals surface area contributed by atoms with Gasteiger partial charge in [-0.15, -0.1) is 0 Å². The van der Waals surface area contributed by atoms with Crippen LogP contribution in [0.3, 0.4) is 0 Å². The van der Waals surface area contributed by atoms with Gasteiger partial charge in [0, 0.05) is 0 Å². The molecule has 2 aromatic carbocycles. The van der Waals surface area contributed by atoms with E-state index in [2.05, 4.69) is 0 Å². The molecule has 0 fully saturated rings. The van der Waals surface area contributed by atoms with Gasteiger partial charge in [-0.2, -0.15) is 0 Å². The SMILES string of the molecule is NC1c2cc(O)ccc2-c2ccc(F)cc21. The predicted molar refractivity (Wildman–Crippen MR) is 59.5 cm³/mol. The molecular formula is C13H10FNO. The summed E-state index contributed by atoms with van der Waals surface area (Å²) in [6, 6.07) is 9.32. The van der Waals surface area contributed by atoms with Crippen LogP contribution >= 0.6 is 0 Å². The van der Waals surface area contributed by atoms with Gasteiger partial charge in [-0.25, -0.2) is 4.39 Å². The topological polar surface area (TPSA) is 46.2 Å². The minimum atomic E-state index is -0.354. The second-order valence-electron chi connectivity index (χ2n) is 3.98. The average Bonchev–Trinajstić information content (AvgIpc) is 2.53. The number of hydrogen-bond acceptors (Lipinski definition) is 2. The maximum absolute atomic E-state index is 13.1. The van der Waals surface area contributed by atoms with Gasteiger partial charge in [0.25, 0.3) is 0 Å². The zero-order chi connectivity index (χ0) is 11.3. The van der Waals surface area contributed by atoms with Crippen molar-refractivity contribution < 1.29 is 9.50 Å². The third-order valence-electron chi connectivity index (χ3n) is 3.01. The largest absolute Gasteiger partial charge is 0.508 e. The first-order chi connectivity index (χ1) is 7.66. The van der Waals surface area contributed by atoms with Crippen molar-refractivity contribution in [2.45, 2.75) is 6.04 Å². The van der Waals surface area contributed by atoms with Crippen molar-refractivity contribution in [2.75, 3.05) is 0 Å². The highest BCUT2D eigenvalue weighted by Gasteiger charge is 2.26. The Kier molecular flexibility index (Phi) is 1.79. The van der Waals surface area contributed by atoms with Gasteiger partial charge < -0.3 is 10.8 Å². The van der Waals surface area contributed by atoms with Gasteiger partial charge in [0.2, 0.25) is 0 Å². The molecule has 0 spiro atoms. The first-order valence-electron chi connectivity index (χ1n) is 5.05. The summed E-state index contributed by atoms with van der Waals surface area (Å²) in [7, 11) is 0. The van der Waals surface area contributed by atoms with Crippen LogP contribution in [-0.4, -0.2) is 5.11 Å². The number of halogens is 1. The fourth-order valence-corrected chi connectivity index (χ4v) is 2.26. The maximum Gasteiger partial charge on any atom is 0.123 e. The Hall–Kier alpha value is -1.87. The van der Waals surface area contributed by atoms with E-state index in [1.165, 1.54) is 12.1 Å². The van der Waals surface area contributed by atoms with E-state index >= 15 is 0 Å². The summed E-state index contributed by atoms with van der Waals surface area (Å²) in [4.78, 5) is 0. The number of fused-ring (bicyclic) bond motifs is 3. The molecular weight excluding hydrogens is 205 g/mol. The molecule has 0 aromatic heterocycles. The summed E-state index contributed by atoms with van der Waals surface area (Å²) in [6.07, 6.45) is 0. The van der Waals surface area contributed by atoms with Gasteiger partial charge in [-0.05, 0) is 46.5 Å². The molecule has 1 unspecified atom stereocenters. The van der Waals surface area contributed by atoms with E-state index in [-0.39, 0.29) is 17.6 Å². The van der Waals surface area contributed by atoms with Crippen LogP contribution in [0.1, 0.15) is 17.2 Å². The number of benzene rings is 2. The lowest BCUT2D eigenvalue weighted by Crippen LogP contribution is -2.08. The van der Waals surface area contributed by atoms with E-state index < -0.39 is 0 Å². The van der Waals surface area contributed by atoms with Crippen molar-refractivity contribution in [1.29, 1.82) is 0 Å². The van der Waals surface area contributed by atoms with Crippen molar-refractivity contribution in [2.24, 2.45) is 5.73 Å². The van der Waals surface area contributed by atoms with Crippen molar-refractivity contribution >= 4 is 0 Å². The minimum absolute atomic E-state index is 0.183. The van der Waals surface area contributed by atoms with Crippen LogP contribution < -0.4 is 5.73 Å². The van der Waals surface area contributed by atoms with Crippen molar-refractivity contribution in [3.63, 3.8) is 0 Å². The molecule has 1 atom stereocenters. The standard InChI is InChI=1S/C13H10FNO/c14-7-1-3-9-10-4-2-8(16)6-12(10)13(15)11(9)5-7/h1-6,13,16H,15H2. The fraction of sp³-hybridized carbons (Fsp3) is 0.0769. The number of aromatic hydroxyl groups is 1. The number of rotatable bonds is 0. The predicted octanol–water partition coefficient (Wildman–Crippen LogP) is 2.56. The van der Waals surface area contributed by atoms with Gasteiger partial charge in [-0.1, -0.05) is 12.1 Å². The highest BCUT2D eigenvalue weighted by Crippen LogP contribution is 2.43. The lowest BCUT2D eigenvalue weighted by atomic mass is 10.1. The molecule has 1 aliphatic carbocycles. The first-order valence-corrected chi connectivity index (χ1v) is 5.05. The summed E-state index contributed by atoms with van der Waals surface area (Å²) < 4.78 is 13.1.